The molecule has 0 aliphatic carbocycles. The van der Waals surface area contributed by atoms with Gasteiger partial charge in [-0.25, -0.2) is 8.42 Å². The van der Waals surface area contributed by atoms with Gasteiger partial charge in [0.15, 0.2) is 0 Å². The first kappa shape index (κ1) is 30.5. The van der Waals surface area contributed by atoms with E-state index in [1.165, 1.54) is 31.3 Å². The van der Waals surface area contributed by atoms with E-state index < -0.39 is 28.5 Å². The molecule has 2 rings (SSSR count). The van der Waals surface area contributed by atoms with E-state index in [-0.39, 0.29) is 29.9 Å². The summed E-state index contributed by atoms with van der Waals surface area (Å²) in [6, 6.07) is 8.48. The number of sulfonamides is 1. The molecule has 0 spiro atoms. The highest BCUT2D eigenvalue weighted by molar-refractivity contribution is 7.92. The number of methoxy groups -OCH3 is 2. The predicted molar refractivity (Wildman–Crippen MR) is 146 cm³/mol. The molecule has 0 bridgehead atoms. The van der Waals surface area contributed by atoms with Crippen LogP contribution in [0.3, 0.4) is 0 Å². The Morgan fingerprint density at radius 2 is 1.70 bits per heavy atom. The van der Waals surface area contributed by atoms with Crippen LogP contribution in [-0.4, -0.2) is 64.2 Å². The molecule has 0 radical (unpaired) electrons. The number of nitrogens with zero attached hydrogens (tertiary/aromatic N) is 2. The van der Waals surface area contributed by atoms with Gasteiger partial charge < -0.3 is 19.7 Å². The molecule has 0 fully saturated rings. The largest absolute Gasteiger partial charge is 0.497 e. The molecule has 1 N–H and O–H groups in total. The number of carbonyl (C=O) groups is 2. The molecule has 0 heterocycles. The van der Waals surface area contributed by atoms with Crippen LogP contribution in [0.25, 0.3) is 0 Å². The molecule has 37 heavy (non-hydrogen) atoms. The molecule has 2 amide bonds. The standard InChI is InChI=1S/C25H33Cl2N3O6S/c1-7-21(25(32)28-16(2)3)29(14-17-8-10-19(26)20(27)12-17)24(31)15-30(37(6,33)34)22-11-9-18(35-4)13-23(22)36-5/h8-13,16,21H,7,14-15H2,1-6H3,(H,28,32). The second kappa shape index (κ2) is 13.2. The van der Waals surface area contributed by atoms with Crippen molar-refractivity contribution < 1.29 is 27.5 Å². The molecule has 9 nitrogen and oxygen atoms in total. The van der Waals surface area contributed by atoms with E-state index in [9.17, 15) is 18.0 Å². The molecule has 0 aliphatic rings. The number of benzene rings is 2. The van der Waals surface area contributed by atoms with Gasteiger partial charge in [0.05, 0.1) is 36.2 Å². The van der Waals surface area contributed by atoms with Crippen molar-refractivity contribution in [1.82, 2.24) is 10.2 Å². The highest BCUT2D eigenvalue weighted by atomic mass is 35.5. The number of ether oxygens (including phenoxy) is 2. The number of carbonyl (C=O) groups excluding carboxylic acids is 2. The van der Waals surface area contributed by atoms with Crippen LogP contribution in [0, 0.1) is 0 Å². The second-order valence-corrected chi connectivity index (χ2v) is 11.4. The van der Waals surface area contributed by atoms with Crippen molar-refractivity contribution in [3.63, 3.8) is 0 Å². The first-order valence-corrected chi connectivity index (χ1v) is 14.2. The van der Waals surface area contributed by atoms with Gasteiger partial charge in [0.1, 0.15) is 24.1 Å². The summed E-state index contributed by atoms with van der Waals surface area (Å²) in [5, 5.41) is 3.48. The monoisotopic (exact) mass is 573 g/mol. The lowest BCUT2D eigenvalue weighted by atomic mass is 10.1. The lowest BCUT2D eigenvalue weighted by molar-refractivity contribution is -0.140. The normalized spacial score (nSPS) is 12.1. The number of halogens is 2. The number of hydrogen-bond acceptors (Lipinski definition) is 6. The zero-order chi connectivity index (χ0) is 27.9. The molecule has 1 atom stereocenters. The average molecular weight is 575 g/mol. The van der Waals surface area contributed by atoms with Gasteiger partial charge in [0.25, 0.3) is 0 Å². The third-order valence-electron chi connectivity index (χ3n) is 5.49. The third-order valence-corrected chi connectivity index (χ3v) is 7.35. The fourth-order valence-corrected chi connectivity index (χ4v) is 4.89. The minimum absolute atomic E-state index is 0.0110. The van der Waals surface area contributed by atoms with Gasteiger partial charge in [-0.05, 0) is 50.1 Å². The molecule has 0 aromatic heterocycles. The van der Waals surface area contributed by atoms with Crippen LogP contribution < -0.4 is 19.1 Å². The maximum atomic E-state index is 13.8. The minimum atomic E-state index is -3.93. The Bertz CT molecular complexity index is 1220. The Balaban J connectivity index is 2.53. The summed E-state index contributed by atoms with van der Waals surface area (Å²) in [6.07, 6.45) is 1.30. The second-order valence-electron chi connectivity index (χ2n) is 8.66. The summed E-state index contributed by atoms with van der Waals surface area (Å²) in [6.45, 7) is 4.86. The molecule has 2 aromatic rings. The van der Waals surface area contributed by atoms with Crippen LogP contribution >= 0.6 is 23.2 Å². The van der Waals surface area contributed by atoms with Gasteiger partial charge in [0.2, 0.25) is 21.8 Å². The highest BCUT2D eigenvalue weighted by Crippen LogP contribution is 2.34. The van der Waals surface area contributed by atoms with Crippen LogP contribution in [0.4, 0.5) is 5.69 Å². The Morgan fingerprint density at radius 3 is 2.22 bits per heavy atom. The van der Waals surface area contributed by atoms with Gasteiger partial charge >= 0.3 is 0 Å². The molecule has 0 saturated carbocycles. The topological polar surface area (TPSA) is 105 Å². The maximum absolute atomic E-state index is 13.8. The average Bonchev–Trinajstić information content (AvgIpc) is 2.82. The van der Waals surface area contributed by atoms with E-state index in [0.29, 0.717) is 27.8 Å². The molecule has 12 heteroatoms. The van der Waals surface area contributed by atoms with Crippen molar-refractivity contribution in [1.29, 1.82) is 0 Å². The molecular weight excluding hydrogens is 541 g/mol. The first-order valence-electron chi connectivity index (χ1n) is 11.6. The smallest absolute Gasteiger partial charge is 0.244 e. The number of nitrogens with one attached hydrogen (secondary N) is 1. The van der Waals surface area contributed by atoms with Crippen molar-refractivity contribution in [2.75, 3.05) is 31.3 Å². The number of hydrogen-bond donors (Lipinski definition) is 1. The van der Waals surface area contributed by atoms with Gasteiger partial charge in [0, 0.05) is 18.7 Å². The van der Waals surface area contributed by atoms with Crippen LogP contribution in [0.1, 0.15) is 32.8 Å². The van der Waals surface area contributed by atoms with Gasteiger partial charge in [-0.2, -0.15) is 0 Å². The van der Waals surface area contributed by atoms with Gasteiger partial charge in [-0.3, -0.25) is 13.9 Å². The summed E-state index contributed by atoms with van der Waals surface area (Å²) in [5.41, 5.74) is 0.791. The minimum Gasteiger partial charge on any atom is -0.497 e. The lowest BCUT2D eigenvalue weighted by Gasteiger charge is -2.33. The first-order chi connectivity index (χ1) is 17.3. The van der Waals surface area contributed by atoms with E-state index in [0.717, 1.165) is 10.6 Å². The summed E-state index contributed by atoms with van der Waals surface area (Å²) < 4.78 is 37.2. The van der Waals surface area contributed by atoms with Crippen molar-refractivity contribution in [2.24, 2.45) is 0 Å². The molecule has 204 valence electrons. The maximum Gasteiger partial charge on any atom is 0.244 e. The SMILES string of the molecule is CCC(C(=O)NC(C)C)N(Cc1ccc(Cl)c(Cl)c1)C(=O)CN(c1ccc(OC)cc1OC)S(C)(=O)=O. The van der Waals surface area contributed by atoms with Crippen molar-refractivity contribution in [3.05, 3.63) is 52.0 Å². The Labute approximate surface area is 228 Å². The van der Waals surface area contributed by atoms with Crippen molar-refractivity contribution in [3.8, 4) is 11.5 Å². The number of anilines is 1. The van der Waals surface area contributed by atoms with Crippen LogP contribution in [0.5, 0.6) is 11.5 Å². The van der Waals surface area contributed by atoms with Crippen LogP contribution in [-0.2, 0) is 26.2 Å². The molecular formula is C25H33Cl2N3O6S. The van der Waals surface area contributed by atoms with Gasteiger partial charge in [-0.15, -0.1) is 0 Å². The summed E-state index contributed by atoms with van der Waals surface area (Å²) in [7, 11) is -1.07. The van der Waals surface area contributed by atoms with Crippen molar-refractivity contribution >= 4 is 50.7 Å². The molecule has 1 unspecified atom stereocenters. The Morgan fingerprint density at radius 1 is 1.03 bits per heavy atom. The van der Waals surface area contributed by atoms with Gasteiger partial charge in [-0.1, -0.05) is 36.2 Å². The quantitative estimate of drug-likeness (QED) is 0.409. The summed E-state index contributed by atoms with van der Waals surface area (Å²) >= 11 is 12.2. The predicted octanol–water partition coefficient (Wildman–Crippen LogP) is 4.11. The summed E-state index contributed by atoms with van der Waals surface area (Å²) in [5.74, 6) is -0.268. The third kappa shape index (κ3) is 8.15. The zero-order valence-corrected chi connectivity index (χ0v) is 24.1. The fraction of sp³-hybridized carbons (Fsp3) is 0.440. The Kier molecular flexibility index (Phi) is 10.9. The lowest BCUT2D eigenvalue weighted by Crippen LogP contribution is -2.53. The zero-order valence-electron chi connectivity index (χ0n) is 21.7. The Hall–Kier alpha value is -2.69. The number of amides is 2. The number of rotatable bonds is 12. The van der Waals surface area contributed by atoms with E-state index in [4.69, 9.17) is 32.7 Å². The highest BCUT2D eigenvalue weighted by Gasteiger charge is 2.33. The van der Waals surface area contributed by atoms with Crippen molar-refractivity contribution in [2.45, 2.75) is 45.8 Å². The summed E-state index contributed by atoms with van der Waals surface area (Å²) in [4.78, 5) is 28.2. The van der Waals surface area contributed by atoms with E-state index in [1.54, 1.807) is 31.2 Å². The van der Waals surface area contributed by atoms with Crippen LogP contribution in [0.15, 0.2) is 36.4 Å². The van der Waals surface area contributed by atoms with E-state index >= 15 is 0 Å². The fourth-order valence-electron chi connectivity index (χ4n) is 3.72. The molecule has 0 saturated heterocycles. The van der Waals surface area contributed by atoms with Crippen LogP contribution in [0.2, 0.25) is 10.0 Å². The molecule has 2 aromatic carbocycles. The van der Waals surface area contributed by atoms with E-state index in [1.807, 2.05) is 13.8 Å². The van der Waals surface area contributed by atoms with E-state index in [2.05, 4.69) is 5.32 Å². The molecule has 0 aliphatic heterocycles.